The number of ether oxygens (including phenoxy) is 1. The second-order valence-corrected chi connectivity index (χ2v) is 7.17. The molecule has 1 aromatic heterocycles. The second-order valence-electron chi connectivity index (χ2n) is 7.17. The third-order valence-corrected chi connectivity index (χ3v) is 5.42. The van der Waals surface area contributed by atoms with Gasteiger partial charge in [0.1, 0.15) is 5.69 Å². The van der Waals surface area contributed by atoms with Crippen molar-refractivity contribution in [2.75, 3.05) is 25.0 Å². The lowest BCUT2D eigenvalue weighted by Gasteiger charge is -2.39. The van der Waals surface area contributed by atoms with E-state index in [1.807, 2.05) is 35.2 Å². The topological polar surface area (TPSA) is 71.5 Å². The summed E-state index contributed by atoms with van der Waals surface area (Å²) < 4.78 is 5.81. The van der Waals surface area contributed by atoms with Crippen LogP contribution in [0, 0.1) is 11.8 Å². The van der Waals surface area contributed by atoms with E-state index in [1.165, 1.54) is 0 Å². The Balaban J connectivity index is 1.48. The van der Waals surface area contributed by atoms with Gasteiger partial charge in [0.25, 0.3) is 5.91 Å². The van der Waals surface area contributed by atoms with Gasteiger partial charge in [0.2, 0.25) is 11.8 Å². The van der Waals surface area contributed by atoms with Gasteiger partial charge in [-0.3, -0.25) is 9.59 Å². The molecule has 0 radical (unpaired) electrons. The number of carbonyl (C=O) groups is 2. The van der Waals surface area contributed by atoms with Gasteiger partial charge in [0, 0.05) is 31.3 Å². The third-order valence-electron chi connectivity index (χ3n) is 5.42. The average Bonchev–Trinajstić information content (AvgIpc) is 2.70. The fraction of sp³-hybridized carbons (Fsp3) is 0.381. The highest BCUT2D eigenvalue weighted by Crippen LogP contribution is 2.32. The number of aromatic nitrogens is 1. The summed E-state index contributed by atoms with van der Waals surface area (Å²) in [5, 5.41) is 2.92. The summed E-state index contributed by atoms with van der Waals surface area (Å²) in [6.07, 6.45) is 3.75. The lowest BCUT2D eigenvalue weighted by Crippen LogP contribution is -2.45. The van der Waals surface area contributed by atoms with E-state index in [2.05, 4.69) is 10.3 Å². The standard InChI is InChI=1S/C21H23N3O3/c25-19-13-16-8-11-24(21(26)15-5-2-1-3-6-15)14-17(16)9-12-27-20-18(23-19)7-4-10-22-20/h1-7,10,16-17H,8-9,11-14H2,(H,23,25)/t16-,17-/m0/s1. The number of hydrogen-bond acceptors (Lipinski definition) is 4. The molecule has 1 saturated heterocycles. The van der Waals surface area contributed by atoms with Crippen LogP contribution in [-0.2, 0) is 4.79 Å². The van der Waals surface area contributed by atoms with Crippen LogP contribution in [-0.4, -0.2) is 41.4 Å². The Labute approximate surface area is 158 Å². The largest absolute Gasteiger partial charge is 0.476 e. The minimum atomic E-state index is -0.0208. The molecule has 27 heavy (non-hydrogen) atoms. The zero-order valence-electron chi connectivity index (χ0n) is 15.1. The highest BCUT2D eigenvalue weighted by atomic mass is 16.5. The van der Waals surface area contributed by atoms with Crippen LogP contribution < -0.4 is 10.1 Å². The summed E-state index contributed by atoms with van der Waals surface area (Å²) in [6, 6.07) is 13.0. The Morgan fingerprint density at radius 1 is 1.11 bits per heavy atom. The van der Waals surface area contributed by atoms with Crippen molar-refractivity contribution < 1.29 is 14.3 Å². The minimum Gasteiger partial charge on any atom is -0.476 e. The third kappa shape index (κ3) is 3.94. The van der Waals surface area contributed by atoms with Crippen LogP contribution in [0.2, 0.25) is 0 Å². The Hall–Kier alpha value is -2.89. The Morgan fingerprint density at radius 3 is 2.81 bits per heavy atom. The molecule has 140 valence electrons. The normalized spacial score (nSPS) is 22.7. The molecular formula is C21H23N3O3. The first-order chi connectivity index (χ1) is 13.2. The van der Waals surface area contributed by atoms with Gasteiger partial charge >= 0.3 is 0 Å². The number of fused-ring (bicyclic) bond motifs is 2. The van der Waals surface area contributed by atoms with E-state index in [1.54, 1.807) is 18.3 Å². The molecule has 0 bridgehead atoms. The number of pyridine rings is 1. The molecule has 2 aliphatic heterocycles. The van der Waals surface area contributed by atoms with E-state index in [0.717, 1.165) is 12.8 Å². The molecule has 2 aromatic rings. The van der Waals surface area contributed by atoms with Gasteiger partial charge < -0.3 is 15.0 Å². The van der Waals surface area contributed by atoms with E-state index < -0.39 is 0 Å². The van der Waals surface area contributed by atoms with Crippen molar-refractivity contribution in [2.24, 2.45) is 11.8 Å². The van der Waals surface area contributed by atoms with E-state index >= 15 is 0 Å². The number of carbonyl (C=O) groups excluding carboxylic acids is 2. The Morgan fingerprint density at radius 2 is 1.96 bits per heavy atom. The van der Waals surface area contributed by atoms with Crippen LogP contribution in [0.25, 0.3) is 0 Å². The molecule has 2 aliphatic rings. The lowest BCUT2D eigenvalue weighted by atomic mass is 9.80. The van der Waals surface area contributed by atoms with Crippen molar-refractivity contribution in [3.05, 3.63) is 54.2 Å². The monoisotopic (exact) mass is 365 g/mol. The second kappa shape index (κ2) is 7.78. The van der Waals surface area contributed by atoms with E-state index in [4.69, 9.17) is 4.74 Å². The number of nitrogens with one attached hydrogen (secondary N) is 1. The predicted molar refractivity (Wildman–Crippen MR) is 102 cm³/mol. The van der Waals surface area contributed by atoms with Crippen LogP contribution in [0.1, 0.15) is 29.6 Å². The summed E-state index contributed by atoms with van der Waals surface area (Å²) in [7, 11) is 0. The van der Waals surface area contributed by atoms with Gasteiger partial charge in [-0.05, 0) is 48.9 Å². The molecule has 3 heterocycles. The number of benzene rings is 1. The Bertz CT molecular complexity index is 824. The van der Waals surface area contributed by atoms with Crippen LogP contribution in [0.5, 0.6) is 5.88 Å². The van der Waals surface area contributed by atoms with Crippen LogP contribution in [0.4, 0.5) is 5.69 Å². The maximum absolute atomic E-state index is 12.8. The number of rotatable bonds is 1. The molecule has 0 spiro atoms. The number of anilines is 1. The molecule has 0 saturated carbocycles. The van der Waals surface area contributed by atoms with Gasteiger partial charge in [0.15, 0.2) is 0 Å². The van der Waals surface area contributed by atoms with Crippen molar-refractivity contribution in [3.63, 3.8) is 0 Å². The number of likely N-dealkylation sites (tertiary alicyclic amines) is 1. The molecule has 2 amide bonds. The number of nitrogens with zero attached hydrogens (tertiary/aromatic N) is 2. The number of hydrogen-bond donors (Lipinski definition) is 1. The van der Waals surface area contributed by atoms with Gasteiger partial charge in [-0.15, -0.1) is 0 Å². The van der Waals surface area contributed by atoms with Crippen molar-refractivity contribution >= 4 is 17.5 Å². The number of amides is 2. The van der Waals surface area contributed by atoms with Gasteiger partial charge in [-0.1, -0.05) is 18.2 Å². The average molecular weight is 365 g/mol. The molecule has 1 N–H and O–H groups in total. The maximum atomic E-state index is 12.8. The van der Waals surface area contributed by atoms with Crippen molar-refractivity contribution in [1.29, 1.82) is 0 Å². The summed E-state index contributed by atoms with van der Waals surface area (Å²) >= 11 is 0. The fourth-order valence-electron chi connectivity index (χ4n) is 3.97. The molecule has 1 aromatic carbocycles. The van der Waals surface area contributed by atoms with E-state index in [0.29, 0.717) is 43.2 Å². The molecule has 6 heteroatoms. The molecule has 2 atom stereocenters. The van der Waals surface area contributed by atoms with Gasteiger partial charge in [0.05, 0.1) is 6.61 Å². The van der Waals surface area contributed by atoms with Gasteiger partial charge in [-0.2, -0.15) is 0 Å². The summed E-state index contributed by atoms with van der Waals surface area (Å²) in [5.41, 5.74) is 1.33. The predicted octanol–water partition coefficient (Wildman–Crippen LogP) is 2.97. The quantitative estimate of drug-likeness (QED) is 0.843. The van der Waals surface area contributed by atoms with E-state index in [9.17, 15) is 9.59 Å². The fourth-order valence-corrected chi connectivity index (χ4v) is 3.97. The lowest BCUT2D eigenvalue weighted by molar-refractivity contribution is -0.118. The van der Waals surface area contributed by atoms with Crippen LogP contribution in [0.3, 0.4) is 0 Å². The summed E-state index contributed by atoms with van der Waals surface area (Å²) in [4.78, 5) is 31.4. The number of piperidine rings is 1. The highest BCUT2D eigenvalue weighted by Gasteiger charge is 2.33. The van der Waals surface area contributed by atoms with Crippen molar-refractivity contribution in [2.45, 2.75) is 19.3 Å². The van der Waals surface area contributed by atoms with Crippen LogP contribution >= 0.6 is 0 Å². The Kier molecular flexibility index (Phi) is 5.05. The zero-order valence-corrected chi connectivity index (χ0v) is 15.1. The smallest absolute Gasteiger partial charge is 0.253 e. The first-order valence-electron chi connectivity index (χ1n) is 9.42. The molecule has 0 unspecified atom stereocenters. The zero-order chi connectivity index (χ0) is 18.6. The van der Waals surface area contributed by atoms with Crippen LogP contribution in [0.15, 0.2) is 48.7 Å². The molecular weight excluding hydrogens is 342 g/mol. The highest BCUT2D eigenvalue weighted by molar-refractivity contribution is 5.94. The SMILES string of the molecule is O=C1C[C@@H]2CCN(C(=O)c3ccccc3)C[C@@H]2CCOc2ncccc2N1. The minimum absolute atomic E-state index is 0.0208. The summed E-state index contributed by atoms with van der Waals surface area (Å²) in [6.45, 7) is 1.86. The first kappa shape index (κ1) is 17.5. The van der Waals surface area contributed by atoms with E-state index in [-0.39, 0.29) is 23.7 Å². The molecule has 0 aliphatic carbocycles. The summed E-state index contributed by atoms with van der Waals surface area (Å²) in [5.74, 6) is 0.988. The molecule has 4 rings (SSSR count). The van der Waals surface area contributed by atoms with Crippen molar-refractivity contribution in [1.82, 2.24) is 9.88 Å². The molecule has 6 nitrogen and oxygen atoms in total. The molecule has 1 fully saturated rings. The van der Waals surface area contributed by atoms with Crippen molar-refractivity contribution in [3.8, 4) is 5.88 Å². The maximum Gasteiger partial charge on any atom is 0.253 e. The first-order valence-corrected chi connectivity index (χ1v) is 9.42. The van der Waals surface area contributed by atoms with Gasteiger partial charge in [-0.25, -0.2) is 4.98 Å².